The van der Waals surface area contributed by atoms with E-state index in [2.05, 4.69) is 29.3 Å². The van der Waals surface area contributed by atoms with Gasteiger partial charge >= 0.3 is 5.97 Å². The van der Waals surface area contributed by atoms with E-state index in [1.54, 1.807) is 30.5 Å². The molecule has 0 unspecified atom stereocenters. The largest absolute Gasteiger partial charge is 0.484 e. The van der Waals surface area contributed by atoms with Crippen molar-refractivity contribution >= 4 is 23.8 Å². The topological polar surface area (TPSA) is 80.2 Å². The summed E-state index contributed by atoms with van der Waals surface area (Å²) in [5.74, 6) is -0.272. The second kappa shape index (κ2) is 12.3. The van der Waals surface area contributed by atoms with Crippen LogP contribution in [0.15, 0.2) is 53.6 Å². The molecule has 0 aliphatic rings. The minimum Gasteiger partial charge on any atom is -0.484 e. The lowest BCUT2D eigenvalue weighted by Gasteiger charge is -2.20. The van der Waals surface area contributed by atoms with Crippen molar-refractivity contribution in [3.05, 3.63) is 59.7 Å². The van der Waals surface area contributed by atoms with Crippen molar-refractivity contribution in [3.8, 4) is 5.75 Å². The molecule has 7 nitrogen and oxygen atoms in total. The van der Waals surface area contributed by atoms with Gasteiger partial charge in [0, 0.05) is 18.8 Å². The fourth-order valence-electron chi connectivity index (χ4n) is 2.69. The Morgan fingerprint density at radius 3 is 2.27 bits per heavy atom. The quantitative estimate of drug-likeness (QED) is 0.347. The van der Waals surface area contributed by atoms with Crippen LogP contribution in [0.25, 0.3) is 0 Å². The smallest absolute Gasteiger partial charge is 0.338 e. The van der Waals surface area contributed by atoms with E-state index < -0.39 is 0 Å². The number of carbonyl (C=O) groups excluding carboxylic acids is 2. The third-order valence-electron chi connectivity index (χ3n) is 4.32. The predicted molar refractivity (Wildman–Crippen MR) is 118 cm³/mol. The van der Waals surface area contributed by atoms with E-state index in [9.17, 15) is 9.59 Å². The van der Waals surface area contributed by atoms with Gasteiger partial charge in [0.05, 0.1) is 18.4 Å². The van der Waals surface area contributed by atoms with Gasteiger partial charge in [-0.2, -0.15) is 5.10 Å². The van der Waals surface area contributed by atoms with Crippen molar-refractivity contribution in [2.45, 2.75) is 27.2 Å². The molecule has 1 amide bonds. The molecule has 0 saturated heterocycles. The number of esters is 1. The Hall–Kier alpha value is -3.35. The van der Waals surface area contributed by atoms with Crippen LogP contribution in [-0.2, 0) is 9.53 Å². The number of ether oxygens (including phenoxy) is 2. The molecule has 2 aromatic rings. The van der Waals surface area contributed by atoms with Crippen molar-refractivity contribution in [1.82, 2.24) is 5.43 Å². The monoisotopic (exact) mass is 411 g/mol. The third kappa shape index (κ3) is 7.24. The number of benzene rings is 2. The Morgan fingerprint density at radius 1 is 1.00 bits per heavy atom. The Balaban J connectivity index is 1.77. The highest BCUT2D eigenvalue weighted by atomic mass is 16.5. The van der Waals surface area contributed by atoms with Crippen LogP contribution in [-0.4, -0.2) is 44.4 Å². The molecule has 2 rings (SSSR count). The van der Waals surface area contributed by atoms with Crippen LogP contribution in [0.2, 0.25) is 0 Å². The molecule has 0 saturated carbocycles. The first kappa shape index (κ1) is 22.9. The summed E-state index contributed by atoms with van der Waals surface area (Å²) in [7, 11) is 0. The van der Waals surface area contributed by atoms with Gasteiger partial charge in [-0.3, -0.25) is 4.79 Å². The zero-order chi connectivity index (χ0) is 21.8. The molecule has 30 heavy (non-hydrogen) atoms. The standard InChI is InChI=1S/C23H29N3O4/c1-4-15-29-23(28)19-9-13-21(14-10-19)30-17-22(27)25-24-16-18-7-11-20(12-8-18)26(5-2)6-3/h7-14,16H,4-6,15,17H2,1-3H3,(H,25,27)/b24-16+. The maximum Gasteiger partial charge on any atom is 0.338 e. The molecule has 0 aliphatic carbocycles. The van der Waals surface area contributed by atoms with Crippen LogP contribution in [0.5, 0.6) is 5.75 Å². The molecule has 0 heterocycles. The fraction of sp³-hybridized carbons (Fsp3) is 0.348. The van der Waals surface area contributed by atoms with Gasteiger partial charge in [-0.1, -0.05) is 19.1 Å². The summed E-state index contributed by atoms with van der Waals surface area (Å²) in [5, 5.41) is 3.96. The first-order valence-corrected chi connectivity index (χ1v) is 10.1. The summed E-state index contributed by atoms with van der Waals surface area (Å²) < 4.78 is 10.5. The lowest BCUT2D eigenvalue weighted by Crippen LogP contribution is -2.24. The van der Waals surface area contributed by atoms with Crippen LogP contribution >= 0.6 is 0 Å². The second-order valence-corrected chi connectivity index (χ2v) is 6.51. The van der Waals surface area contributed by atoms with E-state index in [0.717, 1.165) is 30.8 Å². The third-order valence-corrected chi connectivity index (χ3v) is 4.32. The molecular weight excluding hydrogens is 382 g/mol. The molecule has 1 N–H and O–H groups in total. The van der Waals surface area contributed by atoms with Crippen LogP contribution in [0.4, 0.5) is 5.69 Å². The highest BCUT2D eigenvalue weighted by molar-refractivity contribution is 5.89. The van der Waals surface area contributed by atoms with Crippen LogP contribution < -0.4 is 15.1 Å². The van der Waals surface area contributed by atoms with Gasteiger partial charge in [-0.05, 0) is 62.2 Å². The van der Waals surface area contributed by atoms with Crippen LogP contribution in [0.3, 0.4) is 0 Å². The van der Waals surface area contributed by atoms with Crippen molar-refractivity contribution in [3.63, 3.8) is 0 Å². The minimum absolute atomic E-state index is 0.183. The maximum atomic E-state index is 11.9. The van der Waals surface area contributed by atoms with Gasteiger partial charge in [-0.25, -0.2) is 10.2 Å². The van der Waals surface area contributed by atoms with Crippen molar-refractivity contribution in [1.29, 1.82) is 0 Å². The highest BCUT2D eigenvalue weighted by Gasteiger charge is 2.07. The molecule has 0 bridgehead atoms. The Labute approximate surface area is 177 Å². The zero-order valence-corrected chi connectivity index (χ0v) is 17.8. The Bertz CT molecular complexity index is 829. The van der Waals surface area contributed by atoms with Crippen molar-refractivity contribution in [2.75, 3.05) is 31.2 Å². The second-order valence-electron chi connectivity index (χ2n) is 6.51. The molecule has 2 aromatic carbocycles. The Kier molecular flexibility index (Phi) is 9.37. The van der Waals surface area contributed by atoms with E-state index in [1.165, 1.54) is 0 Å². The lowest BCUT2D eigenvalue weighted by molar-refractivity contribution is -0.123. The lowest BCUT2D eigenvalue weighted by atomic mass is 10.2. The molecule has 160 valence electrons. The summed E-state index contributed by atoms with van der Waals surface area (Å²) >= 11 is 0. The molecular formula is C23H29N3O4. The van der Waals surface area contributed by atoms with E-state index in [4.69, 9.17) is 9.47 Å². The summed E-state index contributed by atoms with van der Waals surface area (Å²) in [4.78, 5) is 25.9. The van der Waals surface area contributed by atoms with Crippen LogP contribution in [0.1, 0.15) is 43.1 Å². The number of amides is 1. The SMILES string of the molecule is CCCOC(=O)c1ccc(OCC(=O)N/N=C/c2ccc(N(CC)CC)cc2)cc1. The van der Waals surface area contributed by atoms with Gasteiger partial charge in [0.15, 0.2) is 6.61 Å². The summed E-state index contributed by atoms with van der Waals surface area (Å²) in [5.41, 5.74) is 4.92. The first-order valence-electron chi connectivity index (χ1n) is 10.1. The van der Waals surface area contributed by atoms with E-state index in [-0.39, 0.29) is 18.5 Å². The summed E-state index contributed by atoms with van der Waals surface area (Å²) in [6, 6.07) is 14.4. The zero-order valence-electron chi connectivity index (χ0n) is 17.8. The van der Waals surface area contributed by atoms with Crippen molar-refractivity contribution < 1.29 is 19.1 Å². The van der Waals surface area contributed by atoms with E-state index in [0.29, 0.717) is 17.9 Å². The number of hydrazone groups is 1. The van der Waals surface area contributed by atoms with Gasteiger partial charge in [0.1, 0.15) is 5.75 Å². The summed E-state index contributed by atoms with van der Waals surface area (Å²) in [6.45, 7) is 8.27. The number of carbonyl (C=O) groups is 2. The van der Waals surface area contributed by atoms with Gasteiger partial charge in [-0.15, -0.1) is 0 Å². The maximum absolute atomic E-state index is 11.9. The molecule has 0 spiro atoms. The fourth-order valence-corrected chi connectivity index (χ4v) is 2.69. The number of rotatable bonds is 11. The molecule has 0 radical (unpaired) electrons. The minimum atomic E-state index is -0.377. The number of nitrogens with one attached hydrogen (secondary N) is 1. The number of hydrogen-bond acceptors (Lipinski definition) is 6. The van der Waals surface area contributed by atoms with Gasteiger partial charge in [0.2, 0.25) is 0 Å². The first-order chi connectivity index (χ1) is 14.6. The van der Waals surface area contributed by atoms with Gasteiger partial charge in [0.25, 0.3) is 5.91 Å². The molecule has 0 aliphatic heterocycles. The summed E-state index contributed by atoms with van der Waals surface area (Å²) in [6.07, 6.45) is 2.35. The van der Waals surface area contributed by atoms with Gasteiger partial charge < -0.3 is 14.4 Å². The average molecular weight is 412 g/mol. The van der Waals surface area contributed by atoms with Crippen molar-refractivity contribution in [2.24, 2.45) is 5.10 Å². The van der Waals surface area contributed by atoms with E-state index in [1.807, 2.05) is 31.2 Å². The number of nitrogens with zero attached hydrogens (tertiary/aromatic N) is 2. The highest BCUT2D eigenvalue weighted by Crippen LogP contribution is 2.14. The molecule has 0 fully saturated rings. The van der Waals surface area contributed by atoms with E-state index >= 15 is 0 Å². The molecule has 0 aromatic heterocycles. The normalized spacial score (nSPS) is 10.6. The molecule has 7 heteroatoms. The number of anilines is 1. The average Bonchev–Trinajstić information content (AvgIpc) is 2.78. The molecule has 0 atom stereocenters. The predicted octanol–water partition coefficient (Wildman–Crippen LogP) is 3.63. The Morgan fingerprint density at radius 2 is 1.67 bits per heavy atom. The number of hydrogen-bond donors (Lipinski definition) is 1. The van der Waals surface area contributed by atoms with Crippen LogP contribution in [0, 0.1) is 0 Å².